The Bertz CT molecular complexity index is 1010. The van der Waals surface area contributed by atoms with Crippen molar-refractivity contribution in [3.63, 3.8) is 0 Å². The molecule has 0 aliphatic heterocycles. The third kappa shape index (κ3) is 3.64. The van der Waals surface area contributed by atoms with Crippen molar-refractivity contribution in [1.29, 1.82) is 0 Å². The SMILES string of the molecule is C=C(C)[C@@H]1CC[C@]2(/C=C/C(=O)OCC)CC[C@]3(C)C(CCC4[C@@]5(C)CCC(=O)C(C)(C)C5CC[C@]43C)C12. The zero-order chi connectivity index (χ0) is 27.0. The summed E-state index contributed by atoms with van der Waals surface area (Å²) in [7, 11) is 0. The summed E-state index contributed by atoms with van der Waals surface area (Å²) in [5.74, 6) is 3.22. The maximum atomic E-state index is 13.0. The van der Waals surface area contributed by atoms with E-state index in [4.69, 9.17) is 4.74 Å². The van der Waals surface area contributed by atoms with E-state index in [1.807, 2.05) is 6.92 Å². The number of hydrogen-bond acceptors (Lipinski definition) is 3. The number of fused-ring (bicyclic) bond motifs is 7. The summed E-state index contributed by atoms with van der Waals surface area (Å²) in [6.07, 6.45) is 15.6. The van der Waals surface area contributed by atoms with E-state index in [0.717, 1.165) is 25.7 Å². The smallest absolute Gasteiger partial charge is 0.330 e. The molecule has 5 aliphatic carbocycles. The lowest BCUT2D eigenvalue weighted by Gasteiger charge is -2.72. The van der Waals surface area contributed by atoms with Gasteiger partial charge in [0.2, 0.25) is 0 Å². The lowest BCUT2D eigenvalue weighted by atomic mass is 9.32. The summed E-state index contributed by atoms with van der Waals surface area (Å²) in [5, 5.41) is 0. The minimum atomic E-state index is -0.195. The van der Waals surface area contributed by atoms with Gasteiger partial charge >= 0.3 is 5.97 Å². The normalized spacial score (nSPS) is 48.5. The molecule has 0 N–H and O–H groups in total. The summed E-state index contributed by atoms with van der Waals surface area (Å²) >= 11 is 0. The van der Waals surface area contributed by atoms with Gasteiger partial charge in [0, 0.05) is 17.9 Å². The van der Waals surface area contributed by atoms with Gasteiger partial charge in [-0.05, 0) is 123 Å². The molecule has 3 nitrogen and oxygen atoms in total. The fourth-order valence-electron chi connectivity index (χ4n) is 11.7. The van der Waals surface area contributed by atoms with Crippen LogP contribution < -0.4 is 0 Å². The molecule has 0 aromatic carbocycles. The van der Waals surface area contributed by atoms with Gasteiger partial charge in [-0.1, -0.05) is 52.8 Å². The van der Waals surface area contributed by atoms with Gasteiger partial charge in [-0.15, -0.1) is 0 Å². The Morgan fingerprint density at radius 3 is 2.35 bits per heavy atom. The molecule has 4 unspecified atom stereocenters. The second-order valence-electron chi connectivity index (χ2n) is 15.1. The van der Waals surface area contributed by atoms with Crippen molar-refractivity contribution in [2.24, 2.45) is 56.7 Å². The van der Waals surface area contributed by atoms with Crippen LogP contribution in [0.25, 0.3) is 0 Å². The average Bonchev–Trinajstić information content (AvgIpc) is 3.21. The Labute approximate surface area is 226 Å². The highest BCUT2D eigenvalue weighted by molar-refractivity contribution is 5.85. The maximum Gasteiger partial charge on any atom is 0.330 e. The molecule has 5 fully saturated rings. The van der Waals surface area contributed by atoms with E-state index in [9.17, 15) is 9.59 Å². The standard InChI is InChI=1S/C34H52O3/c1-9-37-28(36)15-19-34-18-12-23(22(2)3)29(34)24-10-11-26-31(6)16-14-27(35)30(4,5)25(31)13-17-33(26,8)32(24,7)20-21-34/h15,19,23-26,29H,2,9-14,16-18,20-21H2,1,3-8H3/b19-15+/t23-,24?,25?,26?,29?,31-,32+,33+,34-/m0/s1. The zero-order valence-electron chi connectivity index (χ0n) is 24.8. The van der Waals surface area contributed by atoms with Crippen LogP contribution in [0.4, 0.5) is 0 Å². The van der Waals surface area contributed by atoms with Gasteiger partial charge in [0.1, 0.15) is 5.78 Å². The molecule has 3 heteroatoms. The van der Waals surface area contributed by atoms with Gasteiger partial charge in [0.15, 0.2) is 0 Å². The molecule has 0 radical (unpaired) electrons. The number of rotatable bonds is 4. The molecule has 5 saturated carbocycles. The third-order valence-electron chi connectivity index (χ3n) is 13.7. The highest BCUT2D eigenvalue weighted by Gasteiger charge is 2.70. The minimum absolute atomic E-state index is 0.0874. The van der Waals surface area contributed by atoms with Gasteiger partial charge < -0.3 is 4.74 Å². The van der Waals surface area contributed by atoms with Crippen molar-refractivity contribution in [2.75, 3.05) is 6.61 Å². The number of ether oxygens (including phenoxy) is 1. The van der Waals surface area contributed by atoms with E-state index in [0.29, 0.717) is 42.0 Å². The maximum absolute atomic E-state index is 13.0. The summed E-state index contributed by atoms with van der Waals surface area (Å²) in [6.45, 7) is 21.4. The zero-order valence-corrected chi connectivity index (χ0v) is 24.8. The predicted molar refractivity (Wildman–Crippen MR) is 150 cm³/mol. The first-order valence-corrected chi connectivity index (χ1v) is 15.3. The second kappa shape index (κ2) is 8.82. The molecular formula is C34H52O3. The lowest BCUT2D eigenvalue weighted by Crippen LogP contribution is -2.66. The van der Waals surface area contributed by atoms with Crippen molar-refractivity contribution in [2.45, 2.75) is 113 Å². The van der Waals surface area contributed by atoms with E-state index in [-0.39, 0.29) is 33.0 Å². The molecule has 37 heavy (non-hydrogen) atoms. The minimum Gasteiger partial charge on any atom is -0.463 e. The number of Topliss-reactive ketones (excluding diaryl/α,β-unsaturated/α-hetero) is 1. The van der Waals surface area contributed by atoms with Crippen molar-refractivity contribution in [1.82, 2.24) is 0 Å². The van der Waals surface area contributed by atoms with Gasteiger partial charge in [-0.25, -0.2) is 4.79 Å². The number of allylic oxidation sites excluding steroid dienone is 2. The molecule has 0 saturated heterocycles. The lowest BCUT2D eigenvalue weighted by molar-refractivity contribution is -0.230. The Morgan fingerprint density at radius 2 is 1.68 bits per heavy atom. The van der Waals surface area contributed by atoms with Crippen LogP contribution in [0.2, 0.25) is 0 Å². The first-order chi connectivity index (χ1) is 17.3. The highest BCUT2D eigenvalue weighted by Crippen LogP contribution is 2.77. The second-order valence-corrected chi connectivity index (χ2v) is 15.1. The average molecular weight is 509 g/mol. The summed E-state index contributed by atoms with van der Waals surface area (Å²) < 4.78 is 5.28. The summed E-state index contributed by atoms with van der Waals surface area (Å²) in [6, 6.07) is 0. The third-order valence-corrected chi connectivity index (χ3v) is 13.7. The molecule has 5 aliphatic rings. The first-order valence-electron chi connectivity index (χ1n) is 15.3. The Kier molecular flexibility index (Phi) is 6.48. The van der Waals surface area contributed by atoms with E-state index in [1.165, 1.54) is 44.1 Å². The largest absolute Gasteiger partial charge is 0.463 e. The molecule has 0 spiro atoms. The number of hydrogen-bond donors (Lipinski definition) is 0. The molecule has 0 amide bonds. The summed E-state index contributed by atoms with van der Waals surface area (Å²) in [4.78, 5) is 25.4. The monoisotopic (exact) mass is 508 g/mol. The molecular weight excluding hydrogens is 456 g/mol. The Morgan fingerprint density at radius 1 is 0.946 bits per heavy atom. The van der Waals surface area contributed by atoms with E-state index >= 15 is 0 Å². The van der Waals surface area contributed by atoms with Crippen molar-refractivity contribution >= 4 is 11.8 Å². The molecule has 0 aromatic rings. The molecule has 0 aromatic heterocycles. The molecule has 9 atom stereocenters. The molecule has 5 rings (SSSR count). The van der Waals surface area contributed by atoms with Gasteiger partial charge in [0.25, 0.3) is 0 Å². The topological polar surface area (TPSA) is 43.4 Å². The number of carbonyl (C=O) groups excluding carboxylic acids is 2. The first kappa shape index (κ1) is 27.2. The quantitative estimate of drug-likeness (QED) is 0.218. The van der Waals surface area contributed by atoms with E-state index < -0.39 is 0 Å². The van der Waals surface area contributed by atoms with Crippen LogP contribution in [0.15, 0.2) is 24.3 Å². The van der Waals surface area contributed by atoms with Gasteiger partial charge in [-0.3, -0.25) is 4.79 Å². The molecule has 0 bridgehead atoms. The van der Waals surface area contributed by atoms with Crippen molar-refractivity contribution in [3.8, 4) is 0 Å². The van der Waals surface area contributed by atoms with Gasteiger partial charge in [-0.2, -0.15) is 0 Å². The van der Waals surface area contributed by atoms with Crippen LogP contribution in [0.1, 0.15) is 113 Å². The van der Waals surface area contributed by atoms with Crippen LogP contribution >= 0.6 is 0 Å². The van der Waals surface area contributed by atoms with Crippen LogP contribution in [0.3, 0.4) is 0 Å². The number of ketones is 1. The predicted octanol–water partition coefficient (Wildman–Crippen LogP) is 8.33. The van der Waals surface area contributed by atoms with Crippen molar-refractivity contribution < 1.29 is 14.3 Å². The fraction of sp³-hybridized carbons (Fsp3) is 0.824. The number of carbonyl (C=O) groups is 2. The van der Waals surface area contributed by atoms with E-state index in [2.05, 4.69) is 54.2 Å². The number of esters is 1. The van der Waals surface area contributed by atoms with Crippen LogP contribution in [-0.2, 0) is 14.3 Å². The van der Waals surface area contributed by atoms with Crippen LogP contribution in [-0.4, -0.2) is 18.4 Å². The summed E-state index contributed by atoms with van der Waals surface area (Å²) in [5.41, 5.74) is 2.04. The fourth-order valence-corrected chi connectivity index (χ4v) is 11.7. The van der Waals surface area contributed by atoms with Crippen molar-refractivity contribution in [3.05, 3.63) is 24.3 Å². The van der Waals surface area contributed by atoms with E-state index in [1.54, 1.807) is 6.08 Å². The van der Waals surface area contributed by atoms with Crippen LogP contribution in [0.5, 0.6) is 0 Å². The van der Waals surface area contributed by atoms with Gasteiger partial charge in [0.05, 0.1) is 6.61 Å². The molecule has 0 heterocycles. The Balaban J connectivity index is 1.53. The highest BCUT2D eigenvalue weighted by atomic mass is 16.5. The Hall–Kier alpha value is -1.38. The molecule has 206 valence electrons. The van der Waals surface area contributed by atoms with Crippen LogP contribution in [0, 0.1) is 56.7 Å².